The normalized spacial score (nSPS) is 15.0. The highest BCUT2D eigenvalue weighted by Crippen LogP contribution is 2.33. The number of aryl methyl sites for hydroxylation is 1. The molecule has 1 fully saturated rings. The molecule has 0 saturated heterocycles. The van der Waals surface area contributed by atoms with Gasteiger partial charge < -0.3 is 14.7 Å². The Hall–Kier alpha value is -1.92. The van der Waals surface area contributed by atoms with E-state index >= 15 is 0 Å². The molecule has 1 N–H and O–H groups in total. The first-order chi connectivity index (χ1) is 12.0. The summed E-state index contributed by atoms with van der Waals surface area (Å²) in [5, 5.41) is 10.9. The summed E-state index contributed by atoms with van der Waals surface area (Å²) in [5.74, 6) is 1.11. The van der Waals surface area contributed by atoms with Gasteiger partial charge in [-0.1, -0.05) is 0 Å². The molecule has 5 nitrogen and oxygen atoms in total. The standard InChI is InChI=1S/C19H24N2O3S/c1-4-24-15-9-7-14(8-10-15)18-20-12(2)17(25-18)19(23)21(3)11-16(22)13-5-6-13/h7-10,13,16,22H,4-6,11H2,1-3H3. The molecular formula is C19H24N2O3S. The summed E-state index contributed by atoms with van der Waals surface area (Å²) in [7, 11) is 1.74. The van der Waals surface area contributed by atoms with E-state index in [2.05, 4.69) is 4.98 Å². The summed E-state index contributed by atoms with van der Waals surface area (Å²) < 4.78 is 5.46. The quantitative estimate of drug-likeness (QED) is 0.822. The molecule has 1 aromatic heterocycles. The highest BCUT2D eigenvalue weighted by Gasteiger charge is 2.31. The van der Waals surface area contributed by atoms with Gasteiger partial charge in [-0.05, 0) is 56.9 Å². The van der Waals surface area contributed by atoms with Crippen molar-refractivity contribution in [2.24, 2.45) is 5.92 Å². The lowest BCUT2D eigenvalue weighted by molar-refractivity contribution is 0.0649. The molecule has 0 aliphatic heterocycles. The Kier molecular flexibility index (Phi) is 5.39. The van der Waals surface area contributed by atoms with Gasteiger partial charge in [0.1, 0.15) is 15.6 Å². The number of nitrogens with zero attached hydrogens (tertiary/aromatic N) is 2. The molecule has 25 heavy (non-hydrogen) atoms. The second-order valence-electron chi connectivity index (χ2n) is 6.48. The Balaban J connectivity index is 1.73. The number of aliphatic hydroxyl groups is 1. The van der Waals surface area contributed by atoms with Crippen molar-refractivity contribution in [3.05, 3.63) is 34.8 Å². The molecule has 0 spiro atoms. The zero-order chi connectivity index (χ0) is 18.0. The molecule has 1 aromatic carbocycles. The van der Waals surface area contributed by atoms with Gasteiger partial charge >= 0.3 is 0 Å². The lowest BCUT2D eigenvalue weighted by Crippen LogP contribution is -2.35. The molecule has 1 aliphatic carbocycles. The van der Waals surface area contributed by atoms with Crippen LogP contribution in [0.25, 0.3) is 10.6 Å². The number of hydrogen-bond acceptors (Lipinski definition) is 5. The Labute approximate surface area is 152 Å². The number of benzene rings is 1. The van der Waals surface area contributed by atoms with Gasteiger partial charge in [-0.15, -0.1) is 11.3 Å². The van der Waals surface area contributed by atoms with E-state index in [0.717, 1.165) is 34.9 Å². The first-order valence-corrected chi connectivity index (χ1v) is 9.45. The highest BCUT2D eigenvalue weighted by atomic mass is 32.1. The minimum atomic E-state index is -0.423. The Bertz CT molecular complexity index is 738. The lowest BCUT2D eigenvalue weighted by Gasteiger charge is -2.20. The molecule has 1 aliphatic rings. The Morgan fingerprint density at radius 3 is 2.68 bits per heavy atom. The van der Waals surface area contributed by atoms with Crippen LogP contribution in [0.5, 0.6) is 5.75 Å². The van der Waals surface area contributed by atoms with Crippen LogP contribution in [-0.4, -0.2) is 47.2 Å². The van der Waals surface area contributed by atoms with E-state index in [9.17, 15) is 9.90 Å². The highest BCUT2D eigenvalue weighted by molar-refractivity contribution is 7.17. The lowest BCUT2D eigenvalue weighted by atomic mass is 10.2. The van der Waals surface area contributed by atoms with E-state index in [4.69, 9.17) is 4.74 Å². The van der Waals surface area contributed by atoms with Crippen molar-refractivity contribution in [3.8, 4) is 16.3 Å². The summed E-state index contributed by atoms with van der Waals surface area (Å²) in [6, 6.07) is 7.74. The maximum atomic E-state index is 12.7. The van der Waals surface area contributed by atoms with Crippen molar-refractivity contribution in [1.82, 2.24) is 9.88 Å². The minimum absolute atomic E-state index is 0.0770. The zero-order valence-electron chi connectivity index (χ0n) is 14.9. The van der Waals surface area contributed by atoms with Gasteiger partial charge in [0.05, 0.1) is 18.4 Å². The predicted molar refractivity (Wildman–Crippen MR) is 99.1 cm³/mol. The zero-order valence-corrected chi connectivity index (χ0v) is 15.7. The van der Waals surface area contributed by atoms with Gasteiger partial charge in [-0.2, -0.15) is 0 Å². The third-order valence-corrected chi connectivity index (χ3v) is 5.57. The average molecular weight is 360 g/mol. The average Bonchev–Trinajstić information content (AvgIpc) is 3.38. The van der Waals surface area contributed by atoms with Gasteiger partial charge in [0, 0.05) is 19.2 Å². The largest absolute Gasteiger partial charge is 0.494 e. The molecular weight excluding hydrogens is 336 g/mol. The third kappa shape index (κ3) is 4.19. The van der Waals surface area contributed by atoms with Crippen LogP contribution in [0.2, 0.25) is 0 Å². The molecule has 1 saturated carbocycles. The van der Waals surface area contributed by atoms with Crippen LogP contribution in [0.4, 0.5) is 0 Å². The summed E-state index contributed by atoms with van der Waals surface area (Å²) in [5.41, 5.74) is 1.70. The monoisotopic (exact) mass is 360 g/mol. The van der Waals surface area contributed by atoms with Crippen molar-refractivity contribution in [1.29, 1.82) is 0 Å². The predicted octanol–water partition coefficient (Wildman–Crippen LogP) is 3.36. The molecule has 1 atom stereocenters. The van der Waals surface area contributed by atoms with Gasteiger partial charge in [0.2, 0.25) is 0 Å². The van der Waals surface area contributed by atoms with E-state index in [-0.39, 0.29) is 5.91 Å². The third-order valence-electron chi connectivity index (χ3n) is 4.38. The Morgan fingerprint density at radius 1 is 1.40 bits per heavy atom. The molecule has 1 unspecified atom stereocenters. The van der Waals surface area contributed by atoms with Gasteiger partial charge in [0.25, 0.3) is 5.91 Å². The van der Waals surface area contributed by atoms with Crippen molar-refractivity contribution in [3.63, 3.8) is 0 Å². The topological polar surface area (TPSA) is 62.7 Å². The first kappa shape index (κ1) is 17.9. The molecule has 1 amide bonds. The molecule has 3 rings (SSSR count). The fourth-order valence-corrected chi connectivity index (χ4v) is 3.81. The SMILES string of the molecule is CCOc1ccc(-c2nc(C)c(C(=O)N(C)CC(O)C3CC3)s2)cc1. The van der Waals surface area contributed by atoms with E-state index in [1.165, 1.54) is 11.3 Å². The van der Waals surface area contributed by atoms with Crippen LogP contribution in [-0.2, 0) is 0 Å². The number of aliphatic hydroxyl groups excluding tert-OH is 1. The van der Waals surface area contributed by atoms with Crippen LogP contribution in [0.15, 0.2) is 24.3 Å². The number of rotatable bonds is 7. The van der Waals surface area contributed by atoms with Crippen molar-refractivity contribution < 1.29 is 14.6 Å². The number of aromatic nitrogens is 1. The molecule has 6 heteroatoms. The summed E-state index contributed by atoms with van der Waals surface area (Å²) in [6.07, 6.45) is 1.70. The number of carbonyl (C=O) groups is 1. The molecule has 2 aromatic rings. The summed E-state index contributed by atoms with van der Waals surface area (Å²) in [6.45, 7) is 4.81. The summed E-state index contributed by atoms with van der Waals surface area (Å²) >= 11 is 1.39. The van der Waals surface area contributed by atoms with Gasteiger partial charge in [-0.3, -0.25) is 4.79 Å². The van der Waals surface area contributed by atoms with Crippen LogP contribution in [0.1, 0.15) is 35.1 Å². The van der Waals surface area contributed by atoms with Crippen molar-refractivity contribution >= 4 is 17.2 Å². The van der Waals surface area contributed by atoms with Gasteiger partial charge in [-0.25, -0.2) is 4.98 Å². The molecule has 1 heterocycles. The fraction of sp³-hybridized carbons (Fsp3) is 0.474. The molecule has 134 valence electrons. The number of carbonyl (C=O) groups excluding carboxylic acids is 1. The van der Waals surface area contributed by atoms with E-state index in [0.29, 0.717) is 23.9 Å². The maximum Gasteiger partial charge on any atom is 0.265 e. The smallest absolute Gasteiger partial charge is 0.265 e. The number of likely N-dealkylation sites (N-methyl/N-ethyl adjacent to an activating group) is 1. The van der Waals surface area contributed by atoms with E-state index in [1.54, 1.807) is 11.9 Å². The van der Waals surface area contributed by atoms with Crippen molar-refractivity contribution in [2.75, 3.05) is 20.2 Å². The van der Waals surface area contributed by atoms with Crippen LogP contribution in [0.3, 0.4) is 0 Å². The number of hydrogen-bond donors (Lipinski definition) is 1. The van der Waals surface area contributed by atoms with Crippen LogP contribution >= 0.6 is 11.3 Å². The van der Waals surface area contributed by atoms with Gasteiger partial charge in [0.15, 0.2) is 0 Å². The fourth-order valence-electron chi connectivity index (χ4n) is 2.75. The number of ether oxygens (including phenoxy) is 1. The minimum Gasteiger partial charge on any atom is -0.494 e. The molecule has 0 bridgehead atoms. The van der Waals surface area contributed by atoms with E-state index in [1.807, 2.05) is 38.1 Å². The summed E-state index contributed by atoms with van der Waals surface area (Å²) in [4.78, 5) is 19.5. The number of thiazole rings is 1. The van der Waals surface area contributed by atoms with E-state index < -0.39 is 6.10 Å². The second-order valence-corrected chi connectivity index (χ2v) is 7.48. The second kappa shape index (κ2) is 7.54. The maximum absolute atomic E-state index is 12.7. The first-order valence-electron chi connectivity index (χ1n) is 8.63. The molecule has 0 radical (unpaired) electrons. The number of amides is 1. The van der Waals surface area contributed by atoms with Crippen LogP contribution < -0.4 is 4.74 Å². The van der Waals surface area contributed by atoms with Crippen LogP contribution in [0, 0.1) is 12.8 Å². The van der Waals surface area contributed by atoms with Crippen molar-refractivity contribution in [2.45, 2.75) is 32.8 Å². The Morgan fingerprint density at radius 2 is 2.08 bits per heavy atom.